The third kappa shape index (κ3) is 4.87. The van der Waals surface area contributed by atoms with Crippen LogP contribution in [0.2, 0.25) is 0 Å². The van der Waals surface area contributed by atoms with Crippen molar-refractivity contribution in [3.8, 4) is 5.75 Å². The van der Waals surface area contributed by atoms with Crippen LogP contribution >= 0.6 is 0 Å². The predicted octanol–water partition coefficient (Wildman–Crippen LogP) is 1.42. The molecule has 0 bridgehead atoms. The molecule has 0 radical (unpaired) electrons. The number of nitrogens with one attached hydrogen (secondary N) is 1. The van der Waals surface area contributed by atoms with Crippen molar-refractivity contribution < 1.29 is 14.6 Å². The lowest BCUT2D eigenvalue weighted by Crippen LogP contribution is -2.39. The Balaban J connectivity index is 2.55. The standard InChI is InChI=1S/C14H22N2O3/c1-9(2)11(4)16-14(18)8-19-13-6-5-10(3)15-12(13)7-17/h5-6,9,11,17H,7-8H2,1-4H3,(H,16,18). The van der Waals surface area contributed by atoms with Crippen molar-refractivity contribution in [2.45, 2.75) is 40.3 Å². The Bertz CT molecular complexity index is 433. The van der Waals surface area contributed by atoms with E-state index >= 15 is 0 Å². The van der Waals surface area contributed by atoms with Crippen LogP contribution in [0.15, 0.2) is 12.1 Å². The lowest BCUT2D eigenvalue weighted by Gasteiger charge is -2.17. The molecule has 1 aromatic heterocycles. The number of pyridine rings is 1. The van der Waals surface area contributed by atoms with Crippen molar-refractivity contribution in [2.75, 3.05) is 6.61 Å². The Labute approximate surface area is 114 Å². The number of aromatic nitrogens is 1. The number of carbonyl (C=O) groups is 1. The van der Waals surface area contributed by atoms with E-state index < -0.39 is 0 Å². The molecule has 0 saturated heterocycles. The second kappa shape index (κ2) is 7.09. The van der Waals surface area contributed by atoms with Gasteiger partial charge in [0.25, 0.3) is 5.91 Å². The molecule has 1 heterocycles. The summed E-state index contributed by atoms with van der Waals surface area (Å²) in [7, 11) is 0. The summed E-state index contributed by atoms with van der Waals surface area (Å²) in [5.74, 6) is 0.643. The molecule has 106 valence electrons. The summed E-state index contributed by atoms with van der Waals surface area (Å²) in [6.07, 6.45) is 0. The van der Waals surface area contributed by atoms with E-state index in [2.05, 4.69) is 10.3 Å². The van der Waals surface area contributed by atoms with Crippen LogP contribution < -0.4 is 10.1 Å². The zero-order chi connectivity index (χ0) is 14.4. The first-order chi connectivity index (χ1) is 8.93. The number of carbonyl (C=O) groups excluding carboxylic acids is 1. The number of aliphatic hydroxyl groups is 1. The maximum absolute atomic E-state index is 11.7. The number of nitrogens with zero attached hydrogens (tertiary/aromatic N) is 1. The average Bonchev–Trinajstić information content (AvgIpc) is 2.36. The molecular weight excluding hydrogens is 244 g/mol. The smallest absolute Gasteiger partial charge is 0.258 e. The minimum absolute atomic E-state index is 0.0746. The Morgan fingerprint density at radius 2 is 2.11 bits per heavy atom. The van der Waals surface area contributed by atoms with Gasteiger partial charge < -0.3 is 15.2 Å². The topological polar surface area (TPSA) is 71.5 Å². The van der Waals surface area contributed by atoms with Crippen molar-refractivity contribution in [3.05, 3.63) is 23.5 Å². The van der Waals surface area contributed by atoms with Crippen molar-refractivity contribution in [2.24, 2.45) is 5.92 Å². The van der Waals surface area contributed by atoms with Gasteiger partial charge in [0, 0.05) is 11.7 Å². The van der Waals surface area contributed by atoms with Crippen LogP contribution in [0, 0.1) is 12.8 Å². The third-order valence-corrected chi connectivity index (χ3v) is 2.97. The van der Waals surface area contributed by atoms with E-state index in [-0.39, 0.29) is 25.2 Å². The van der Waals surface area contributed by atoms with E-state index in [1.165, 1.54) is 0 Å². The van der Waals surface area contributed by atoms with Crippen molar-refractivity contribution >= 4 is 5.91 Å². The number of amides is 1. The van der Waals surface area contributed by atoms with E-state index in [1.54, 1.807) is 12.1 Å². The van der Waals surface area contributed by atoms with Gasteiger partial charge in [0.1, 0.15) is 11.4 Å². The van der Waals surface area contributed by atoms with E-state index in [9.17, 15) is 9.90 Å². The second-order valence-electron chi connectivity index (χ2n) is 4.94. The zero-order valence-electron chi connectivity index (χ0n) is 11.9. The fourth-order valence-corrected chi connectivity index (χ4v) is 1.45. The van der Waals surface area contributed by atoms with Crippen LogP contribution in [-0.4, -0.2) is 28.6 Å². The molecule has 5 heteroatoms. The summed E-state index contributed by atoms with van der Waals surface area (Å²) in [5, 5.41) is 12.0. The van der Waals surface area contributed by atoms with Crippen molar-refractivity contribution in [1.82, 2.24) is 10.3 Å². The van der Waals surface area contributed by atoms with Gasteiger partial charge in [0.05, 0.1) is 6.61 Å². The molecule has 0 saturated carbocycles. The van der Waals surface area contributed by atoms with Gasteiger partial charge in [-0.3, -0.25) is 9.78 Å². The summed E-state index contributed by atoms with van der Waals surface area (Å²) < 4.78 is 5.39. The lowest BCUT2D eigenvalue weighted by atomic mass is 10.1. The summed E-state index contributed by atoms with van der Waals surface area (Å²) in [5.41, 5.74) is 1.25. The maximum Gasteiger partial charge on any atom is 0.258 e. The molecule has 2 N–H and O–H groups in total. The Hall–Kier alpha value is -1.62. The highest BCUT2D eigenvalue weighted by Crippen LogP contribution is 2.16. The fourth-order valence-electron chi connectivity index (χ4n) is 1.45. The molecule has 19 heavy (non-hydrogen) atoms. The van der Waals surface area contributed by atoms with Crippen LogP contribution in [0.5, 0.6) is 5.75 Å². The number of hydrogen-bond donors (Lipinski definition) is 2. The first-order valence-corrected chi connectivity index (χ1v) is 6.43. The maximum atomic E-state index is 11.7. The van der Waals surface area contributed by atoms with Gasteiger partial charge >= 0.3 is 0 Å². The van der Waals surface area contributed by atoms with Crippen LogP contribution in [0.1, 0.15) is 32.2 Å². The van der Waals surface area contributed by atoms with Gasteiger partial charge in [-0.15, -0.1) is 0 Å². The van der Waals surface area contributed by atoms with Gasteiger partial charge in [-0.25, -0.2) is 0 Å². The quantitative estimate of drug-likeness (QED) is 0.817. The number of aliphatic hydroxyl groups excluding tert-OH is 1. The Kier molecular flexibility index (Phi) is 5.76. The summed E-state index contributed by atoms with van der Waals surface area (Å²) >= 11 is 0. The Morgan fingerprint density at radius 1 is 1.42 bits per heavy atom. The Morgan fingerprint density at radius 3 is 2.68 bits per heavy atom. The van der Waals surface area contributed by atoms with E-state index in [0.29, 0.717) is 17.4 Å². The van der Waals surface area contributed by atoms with Crippen molar-refractivity contribution in [1.29, 1.82) is 0 Å². The van der Waals surface area contributed by atoms with Crippen LogP contribution in [0.3, 0.4) is 0 Å². The van der Waals surface area contributed by atoms with Crippen LogP contribution in [-0.2, 0) is 11.4 Å². The van der Waals surface area contributed by atoms with E-state index in [4.69, 9.17) is 4.74 Å². The summed E-state index contributed by atoms with van der Waals surface area (Å²) in [6, 6.07) is 3.60. The molecule has 0 aliphatic carbocycles. The third-order valence-electron chi connectivity index (χ3n) is 2.97. The normalized spacial score (nSPS) is 12.3. The highest BCUT2D eigenvalue weighted by atomic mass is 16.5. The van der Waals surface area contributed by atoms with Gasteiger partial charge in [0.2, 0.25) is 0 Å². The molecule has 5 nitrogen and oxygen atoms in total. The second-order valence-corrected chi connectivity index (χ2v) is 4.94. The van der Waals surface area contributed by atoms with Gasteiger partial charge in [-0.05, 0) is 31.9 Å². The summed E-state index contributed by atoms with van der Waals surface area (Å²) in [4.78, 5) is 15.8. The number of hydrogen-bond acceptors (Lipinski definition) is 4. The van der Waals surface area contributed by atoms with Crippen LogP contribution in [0.25, 0.3) is 0 Å². The molecule has 1 rings (SSSR count). The van der Waals surface area contributed by atoms with Crippen LogP contribution in [0.4, 0.5) is 0 Å². The highest BCUT2D eigenvalue weighted by molar-refractivity contribution is 5.77. The number of ether oxygens (including phenoxy) is 1. The summed E-state index contributed by atoms with van der Waals surface area (Å²) in [6.45, 7) is 7.59. The molecule has 1 aromatic rings. The molecule has 0 fully saturated rings. The van der Waals surface area contributed by atoms with E-state index in [0.717, 1.165) is 5.69 Å². The number of rotatable bonds is 6. The lowest BCUT2D eigenvalue weighted by molar-refractivity contribution is -0.124. The first kappa shape index (κ1) is 15.4. The molecule has 0 aliphatic rings. The monoisotopic (exact) mass is 266 g/mol. The zero-order valence-corrected chi connectivity index (χ0v) is 11.9. The fraction of sp³-hybridized carbons (Fsp3) is 0.571. The molecule has 0 aliphatic heterocycles. The first-order valence-electron chi connectivity index (χ1n) is 6.43. The molecule has 1 amide bonds. The van der Waals surface area contributed by atoms with Gasteiger partial charge in [-0.1, -0.05) is 13.8 Å². The SMILES string of the molecule is Cc1ccc(OCC(=O)NC(C)C(C)C)c(CO)n1. The molecule has 1 unspecified atom stereocenters. The predicted molar refractivity (Wildman–Crippen MR) is 72.8 cm³/mol. The van der Waals surface area contributed by atoms with Gasteiger partial charge in [0.15, 0.2) is 6.61 Å². The molecule has 1 atom stereocenters. The molecule has 0 aromatic carbocycles. The minimum Gasteiger partial charge on any atom is -0.482 e. The van der Waals surface area contributed by atoms with Crippen molar-refractivity contribution in [3.63, 3.8) is 0 Å². The average molecular weight is 266 g/mol. The molecular formula is C14H22N2O3. The minimum atomic E-state index is -0.207. The largest absolute Gasteiger partial charge is 0.482 e. The van der Waals surface area contributed by atoms with E-state index in [1.807, 2.05) is 27.7 Å². The molecule has 0 spiro atoms. The van der Waals surface area contributed by atoms with Gasteiger partial charge in [-0.2, -0.15) is 0 Å². The highest BCUT2D eigenvalue weighted by Gasteiger charge is 2.12. The number of aryl methyl sites for hydroxylation is 1.